The molecule has 0 fully saturated rings. The molecule has 3 aromatic carbocycles. The van der Waals surface area contributed by atoms with Gasteiger partial charge in [-0.15, -0.1) is 0 Å². The second kappa shape index (κ2) is 8.65. The van der Waals surface area contributed by atoms with Crippen molar-refractivity contribution in [3.05, 3.63) is 105 Å². The minimum absolute atomic E-state index is 0.0329. The van der Waals surface area contributed by atoms with Crippen LogP contribution in [0.25, 0.3) is 16.5 Å². The Morgan fingerprint density at radius 1 is 0.903 bits per heavy atom. The predicted octanol–water partition coefficient (Wildman–Crippen LogP) is 4.58. The number of carbonyl (C=O) groups excluding carboxylic acids is 2. The zero-order valence-electron chi connectivity index (χ0n) is 16.5. The molecule has 1 heterocycles. The Balaban J connectivity index is 1.72. The van der Waals surface area contributed by atoms with Gasteiger partial charge in [0.2, 0.25) is 5.78 Å². The third-order valence-corrected chi connectivity index (χ3v) is 5.31. The molecule has 7 heteroatoms. The highest BCUT2D eigenvalue weighted by Crippen LogP contribution is 2.18. The smallest absolute Gasteiger partial charge is 0.360 e. The van der Waals surface area contributed by atoms with Gasteiger partial charge in [-0.05, 0) is 37.3 Å². The van der Waals surface area contributed by atoms with Gasteiger partial charge in [-0.3, -0.25) is 9.59 Å². The summed E-state index contributed by atoms with van der Waals surface area (Å²) in [5.41, 5.74) is 0.564. The number of halogens is 1. The largest absolute Gasteiger partial charge is 0.449 e. The second-order valence-electron chi connectivity index (χ2n) is 6.87. The number of benzene rings is 3. The lowest BCUT2D eigenvalue weighted by Crippen LogP contribution is -2.28. The maximum absolute atomic E-state index is 13.0. The van der Waals surface area contributed by atoms with Crippen LogP contribution in [-0.2, 0) is 4.74 Å². The van der Waals surface area contributed by atoms with Gasteiger partial charge in [0.25, 0.3) is 5.56 Å². The van der Waals surface area contributed by atoms with Crippen molar-refractivity contribution in [2.24, 2.45) is 0 Å². The molecular weight excluding hydrogens is 460 g/mol. The fourth-order valence-electron chi connectivity index (χ4n) is 3.20. The Hall–Kier alpha value is -3.58. The number of nitrogens with zero attached hydrogens (tertiary/aromatic N) is 2. The van der Waals surface area contributed by atoms with Crippen LogP contribution < -0.4 is 5.56 Å². The number of Topliss-reactive ketones (excluding diaryl/α,β-unsaturated/α-hetero) is 1. The van der Waals surface area contributed by atoms with Crippen LogP contribution in [0.15, 0.2) is 88.1 Å². The Kier molecular flexibility index (Phi) is 5.77. The summed E-state index contributed by atoms with van der Waals surface area (Å²) in [6.45, 7) is 1.51. The molecule has 0 saturated heterocycles. The Morgan fingerprint density at radius 2 is 1.52 bits per heavy atom. The standard InChI is InChI=1S/C24H17BrN2O4/c1-15(22(28)16-11-13-17(25)14-12-16)31-24(30)21-19-9-5-6-10-20(19)23(29)27(26-21)18-7-3-2-4-8-18/h2-15H,1H3. The van der Waals surface area contributed by atoms with E-state index < -0.39 is 12.1 Å². The normalized spacial score (nSPS) is 11.8. The van der Waals surface area contributed by atoms with E-state index in [0.29, 0.717) is 22.0 Å². The third kappa shape index (κ3) is 4.18. The van der Waals surface area contributed by atoms with Crippen molar-refractivity contribution in [2.75, 3.05) is 0 Å². The molecule has 0 radical (unpaired) electrons. The van der Waals surface area contributed by atoms with Crippen LogP contribution in [0.1, 0.15) is 27.8 Å². The van der Waals surface area contributed by atoms with Crippen molar-refractivity contribution in [2.45, 2.75) is 13.0 Å². The van der Waals surface area contributed by atoms with Crippen LogP contribution in [0.5, 0.6) is 0 Å². The Bertz CT molecular complexity index is 1330. The van der Waals surface area contributed by atoms with Crippen LogP contribution in [-0.4, -0.2) is 27.6 Å². The topological polar surface area (TPSA) is 78.3 Å². The summed E-state index contributed by atoms with van der Waals surface area (Å²) in [7, 11) is 0. The molecule has 1 unspecified atom stereocenters. The first-order valence-electron chi connectivity index (χ1n) is 9.54. The molecule has 31 heavy (non-hydrogen) atoms. The Morgan fingerprint density at radius 3 is 2.19 bits per heavy atom. The second-order valence-corrected chi connectivity index (χ2v) is 7.78. The molecule has 154 valence electrons. The predicted molar refractivity (Wildman–Crippen MR) is 121 cm³/mol. The van der Waals surface area contributed by atoms with Crippen LogP contribution in [0.3, 0.4) is 0 Å². The first-order valence-corrected chi connectivity index (χ1v) is 10.3. The van der Waals surface area contributed by atoms with E-state index in [1.165, 1.54) is 11.6 Å². The summed E-state index contributed by atoms with van der Waals surface area (Å²) in [5.74, 6) is -1.11. The van der Waals surface area contributed by atoms with E-state index in [1.54, 1.807) is 72.8 Å². The van der Waals surface area contributed by atoms with E-state index in [2.05, 4.69) is 21.0 Å². The fraction of sp³-hybridized carbons (Fsp3) is 0.0833. The maximum atomic E-state index is 13.0. The molecule has 1 atom stereocenters. The average molecular weight is 477 g/mol. The van der Waals surface area contributed by atoms with Gasteiger partial charge >= 0.3 is 5.97 Å². The number of ketones is 1. The summed E-state index contributed by atoms with van der Waals surface area (Å²) < 4.78 is 7.45. The van der Waals surface area contributed by atoms with E-state index in [9.17, 15) is 14.4 Å². The number of rotatable bonds is 5. The lowest BCUT2D eigenvalue weighted by Gasteiger charge is -2.14. The first-order chi connectivity index (χ1) is 15.0. The molecular formula is C24H17BrN2O4. The number of hydrogen-bond donors (Lipinski definition) is 0. The molecule has 0 aliphatic carbocycles. The van der Waals surface area contributed by atoms with Crippen LogP contribution in [0, 0.1) is 0 Å². The average Bonchev–Trinajstić information content (AvgIpc) is 2.80. The number of fused-ring (bicyclic) bond motifs is 1. The fourth-order valence-corrected chi connectivity index (χ4v) is 3.47. The summed E-state index contributed by atoms with van der Waals surface area (Å²) in [6, 6.07) is 22.3. The molecule has 0 aliphatic heterocycles. The molecule has 4 rings (SSSR count). The highest BCUT2D eigenvalue weighted by atomic mass is 79.9. The number of ether oxygens (including phenoxy) is 1. The van der Waals surface area contributed by atoms with Crippen molar-refractivity contribution in [1.82, 2.24) is 9.78 Å². The first kappa shape index (κ1) is 20.7. The highest BCUT2D eigenvalue weighted by molar-refractivity contribution is 9.10. The van der Waals surface area contributed by atoms with Crippen molar-refractivity contribution < 1.29 is 14.3 Å². The van der Waals surface area contributed by atoms with Gasteiger partial charge in [0.1, 0.15) is 0 Å². The summed E-state index contributed by atoms with van der Waals surface area (Å²) in [4.78, 5) is 38.6. The van der Waals surface area contributed by atoms with Crippen molar-refractivity contribution in [3.8, 4) is 5.69 Å². The number of aromatic nitrogens is 2. The summed E-state index contributed by atoms with van der Waals surface area (Å²) >= 11 is 3.32. The minimum Gasteiger partial charge on any atom is -0.449 e. The SMILES string of the molecule is CC(OC(=O)c1nn(-c2ccccc2)c(=O)c2ccccc12)C(=O)c1ccc(Br)cc1. The van der Waals surface area contributed by atoms with E-state index in [1.807, 2.05) is 6.07 Å². The van der Waals surface area contributed by atoms with Crippen molar-refractivity contribution in [1.29, 1.82) is 0 Å². The van der Waals surface area contributed by atoms with Gasteiger partial charge in [-0.25, -0.2) is 4.79 Å². The van der Waals surface area contributed by atoms with Crippen molar-refractivity contribution >= 4 is 38.5 Å². The number of carbonyl (C=O) groups is 2. The molecule has 0 aliphatic rings. The number of esters is 1. The van der Waals surface area contributed by atoms with Gasteiger partial charge in [-0.2, -0.15) is 9.78 Å². The maximum Gasteiger partial charge on any atom is 0.360 e. The molecule has 6 nitrogen and oxygen atoms in total. The van der Waals surface area contributed by atoms with Crippen LogP contribution in [0.4, 0.5) is 0 Å². The highest BCUT2D eigenvalue weighted by Gasteiger charge is 2.24. The van der Waals surface area contributed by atoms with Gasteiger partial charge in [0, 0.05) is 15.4 Å². The quantitative estimate of drug-likeness (QED) is 0.311. The number of para-hydroxylation sites is 1. The zero-order chi connectivity index (χ0) is 22.0. The van der Waals surface area contributed by atoms with Gasteiger partial charge in [0.05, 0.1) is 11.1 Å². The van der Waals surface area contributed by atoms with Gasteiger partial charge in [-0.1, -0.05) is 64.5 Å². The lowest BCUT2D eigenvalue weighted by molar-refractivity contribution is 0.0313. The summed E-state index contributed by atoms with van der Waals surface area (Å²) in [6.07, 6.45) is -1.02. The Labute approximate surface area is 186 Å². The molecule has 0 amide bonds. The zero-order valence-corrected chi connectivity index (χ0v) is 18.1. The molecule has 0 N–H and O–H groups in total. The molecule has 0 spiro atoms. The van der Waals surface area contributed by atoms with Crippen LogP contribution >= 0.6 is 15.9 Å². The number of hydrogen-bond acceptors (Lipinski definition) is 5. The third-order valence-electron chi connectivity index (χ3n) is 4.78. The molecule has 0 saturated carbocycles. The van der Waals surface area contributed by atoms with Crippen molar-refractivity contribution in [3.63, 3.8) is 0 Å². The van der Waals surface area contributed by atoms with E-state index in [4.69, 9.17) is 4.74 Å². The monoisotopic (exact) mass is 476 g/mol. The van der Waals surface area contributed by atoms with Crippen LogP contribution in [0.2, 0.25) is 0 Å². The minimum atomic E-state index is -1.02. The van der Waals surface area contributed by atoms with Gasteiger partial charge < -0.3 is 4.74 Å². The summed E-state index contributed by atoms with van der Waals surface area (Å²) in [5, 5.41) is 4.98. The van der Waals surface area contributed by atoms with E-state index in [-0.39, 0.29) is 17.0 Å². The lowest BCUT2D eigenvalue weighted by atomic mass is 10.1. The van der Waals surface area contributed by atoms with Gasteiger partial charge in [0.15, 0.2) is 11.8 Å². The van der Waals surface area contributed by atoms with E-state index >= 15 is 0 Å². The molecule has 0 bridgehead atoms. The van der Waals surface area contributed by atoms with E-state index in [0.717, 1.165) is 4.47 Å². The molecule has 4 aromatic rings. The molecule has 1 aromatic heterocycles.